The highest BCUT2D eigenvalue weighted by molar-refractivity contribution is 7.80. The van der Waals surface area contributed by atoms with Gasteiger partial charge in [0.25, 0.3) is 0 Å². The fourth-order valence-electron chi connectivity index (χ4n) is 2.34. The van der Waals surface area contributed by atoms with E-state index < -0.39 is 11.8 Å². The van der Waals surface area contributed by atoms with Gasteiger partial charge in [0.05, 0.1) is 0 Å². The molecule has 0 saturated carbocycles. The predicted octanol–water partition coefficient (Wildman–Crippen LogP) is 2.13. The Labute approximate surface area is 180 Å². The first-order chi connectivity index (χ1) is 14.4. The van der Waals surface area contributed by atoms with Crippen molar-refractivity contribution >= 4 is 41.1 Å². The number of benzene rings is 2. The first kappa shape index (κ1) is 22.8. The maximum Gasteiger partial charge on any atom is 0.250 e. The van der Waals surface area contributed by atoms with Gasteiger partial charge in [-0.3, -0.25) is 30.6 Å². The Hall–Kier alpha value is -3.52. The second kappa shape index (κ2) is 12.1. The van der Waals surface area contributed by atoms with Crippen LogP contribution in [0, 0.1) is 6.92 Å². The molecule has 0 aliphatic rings. The zero-order chi connectivity index (χ0) is 21.8. The molecule has 2 aromatic rings. The third-order valence-corrected chi connectivity index (χ3v) is 4.17. The topological polar surface area (TPSA) is 99.3 Å². The van der Waals surface area contributed by atoms with Gasteiger partial charge in [0.1, 0.15) is 0 Å². The number of amides is 3. The van der Waals surface area contributed by atoms with Gasteiger partial charge in [-0.25, -0.2) is 0 Å². The van der Waals surface area contributed by atoms with Crippen LogP contribution in [0.25, 0.3) is 6.08 Å². The Morgan fingerprint density at radius 2 is 1.57 bits per heavy atom. The molecule has 0 bridgehead atoms. The number of hydrogen-bond donors (Lipinski definition) is 4. The number of carbonyl (C=O) groups is 3. The molecular weight excluding hydrogens is 400 g/mol. The van der Waals surface area contributed by atoms with Crippen LogP contribution < -0.4 is 21.5 Å². The van der Waals surface area contributed by atoms with Gasteiger partial charge in [-0.05, 0) is 36.3 Å². The molecule has 7 nitrogen and oxygen atoms in total. The number of thiocarbonyl (C=S) groups is 1. The van der Waals surface area contributed by atoms with Gasteiger partial charge in [-0.1, -0.05) is 60.2 Å². The third-order valence-electron chi connectivity index (χ3n) is 3.97. The number of aryl methyl sites for hydroxylation is 1. The lowest BCUT2D eigenvalue weighted by Crippen LogP contribution is -2.48. The maximum absolute atomic E-state index is 11.9. The van der Waals surface area contributed by atoms with Gasteiger partial charge >= 0.3 is 0 Å². The average molecular weight is 425 g/mol. The molecule has 8 heteroatoms. The summed E-state index contributed by atoms with van der Waals surface area (Å²) in [6.07, 6.45) is 3.03. The Morgan fingerprint density at radius 3 is 2.27 bits per heavy atom. The first-order valence-electron chi connectivity index (χ1n) is 9.37. The van der Waals surface area contributed by atoms with E-state index in [2.05, 4.69) is 21.5 Å². The van der Waals surface area contributed by atoms with Crippen LogP contribution in [0.5, 0.6) is 0 Å². The summed E-state index contributed by atoms with van der Waals surface area (Å²) in [4.78, 5) is 35.5. The Balaban J connectivity index is 1.61. The molecule has 2 aromatic carbocycles. The summed E-state index contributed by atoms with van der Waals surface area (Å²) < 4.78 is 0. The van der Waals surface area contributed by atoms with Gasteiger partial charge in [-0.15, -0.1) is 0 Å². The number of rotatable bonds is 7. The van der Waals surface area contributed by atoms with E-state index >= 15 is 0 Å². The lowest BCUT2D eigenvalue weighted by atomic mass is 10.1. The lowest BCUT2D eigenvalue weighted by molar-refractivity contribution is -0.126. The van der Waals surface area contributed by atoms with Crippen LogP contribution in [0.3, 0.4) is 0 Å². The fourth-order valence-corrected chi connectivity index (χ4v) is 2.49. The number of nitrogens with one attached hydrogen (secondary N) is 4. The van der Waals surface area contributed by atoms with Crippen LogP contribution in [0.1, 0.15) is 29.5 Å². The van der Waals surface area contributed by atoms with Crippen LogP contribution in [0.15, 0.2) is 60.7 Å². The van der Waals surface area contributed by atoms with E-state index in [-0.39, 0.29) is 23.9 Å². The Morgan fingerprint density at radius 1 is 0.900 bits per heavy atom. The molecule has 0 atom stereocenters. The highest BCUT2D eigenvalue weighted by Gasteiger charge is 2.08. The SMILES string of the molecule is Cc1ccc(C=CC(=O)NC(=S)NNC(=O)CCC(=O)NCc2ccccc2)cc1. The lowest BCUT2D eigenvalue weighted by Gasteiger charge is -2.10. The van der Waals surface area contributed by atoms with E-state index in [1.54, 1.807) is 6.08 Å². The Bertz CT molecular complexity index is 912. The summed E-state index contributed by atoms with van der Waals surface area (Å²) in [6, 6.07) is 17.2. The van der Waals surface area contributed by atoms with Crippen LogP contribution in [0.4, 0.5) is 0 Å². The van der Waals surface area contributed by atoms with Crippen LogP contribution in [-0.2, 0) is 20.9 Å². The van der Waals surface area contributed by atoms with Gasteiger partial charge < -0.3 is 5.32 Å². The molecule has 2 rings (SSSR count). The Kier molecular flexibility index (Phi) is 9.20. The number of hydrazine groups is 1. The van der Waals surface area contributed by atoms with Crippen molar-refractivity contribution in [3.63, 3.8) is 0 Å². The maximum atomic E-state index is 11.9. The highest BCUT2D eigenvalue weighted by Crippen LogP contribution is 2.04. The third kappa shape index (κ3) is 9.11. The van der Waals surface area contributed by atoms with E-state index in [0.717, 1.165) is 16.7 Å². The fraction of sp³-hybridized carbons (Fsp3) is 0.182. The molecule has 3 amide bonds. The van der Waals surface area contributed by atoms with Crippen LogP contribution >= 0.6 is 12.2 Å². The molecule has 0 aliphatic carbocycles. The molecule has 0 saturated heterocycles. The molecule has 156 valence electrons. The summed E-state index contributed by atoms with van der Waals surface area (Å²) in [5.41, 5.74) is 7.78. The molecule has 0 unspecified atom stereocenters. The minimum Gasteiger partial charge on any atom is -0.352 e. The van der Waals surface area contributed by atoms with E-state index in [1.165, 1.54) is 6.08 Å². The van der Waals surface area contributed by atoms with E-state index in [1.807, 2.05) is 61.5 Å². The summed E-state index contributed by atoms with van der Waals surface area (Å²) in [6.45, 7) is 2.39. The van der Waals surface area contributed by atoms with Crippen molar-refractivity contribution in [2.45, 2.75) is 26.3 Å². The molecule has 30 heavy (non-hydrogen) atoms. The van der Waals surface area contributed by atoms with Gasteiger partial charge in [-0.2, -0.15) is 0 Å². The van der Waals surface area contributed by atoms with E-state index in [0.29, 0.717) is 6.54 Å². The van der Waals surface area contributed by atoms with Gasteiger partial charge in [0.2, 0.25) is 17.7 Å². The number of hydrogen-bond acceptors (Lipinski definition) is 4. The normalized spacial score (nSPS) is 10.3. The van der Waals surface area contributed by atoms with Crippen molar-refractivity contribution in [2.24, 2.45) is 0 Å². The van der Waals surface area contributed by atoms with Crippen molar-refractivity contribution < 1.29 is 14.4 Å². The van der Waals surface area contributed by atoms with E-state index in [9.17, 15) is 14.4 Å². The van der Waals surface area contributed by atoms with Crippen molar-refractivity contribution in [3.05, 3.63) is 77.4 Å². The van der Waals surface area contributed by atoms with E-state index in [4.69, 9.17) is 12.2 Å². The largest absolute Gasteiger partial charge is 0.352 e. The molecule has 0 fully saturated rings. The zero-order valence-corrected chi connectivity index (χ0v) is 17.4. The van der Waals surface area contributed by atoms with Crippen molar-refractivity contribution in [3.8, 4) is 0 Å². The standard InChI is InChI=1S/C22H24N4O3S/c1-16-7-9-17(10-8-16)11-12-20(28)24-22(30)26-25-21(29)14-13-19(27)23-15-18-5-3-2-4-6-18/h2-12H,13-15H2,1H3,(H,23,27)(H,25,29)(H2,24,26,28,30). The second-order valence-corrected chi connectivity index (χ2v) is 6.91. The second-order valence-electron chi connectivity index (χ2n) is 6.50. The summed E-state index contributed by atoms with van der Waals surface area (Å²) in [5.74, 6) is -1.08. The molecule has 0 aliphatic heterocycles. The number of carbonyl (C=O) groups excluding carboxylic acids is 3. The predicted molar refractivity (Wildman–Crippen MR) is 120 cm³/mol. The summed E-state index contributed by atoms with van der Waals surface area (Å²) >= 11 is 4.96. The van der Waals surface area contributed by atoms with Gasteiger partial charge in [0.15, 0.2) is 5.11 Å². The van der Waals surface area contributed by atoms with Crippen molar-refractivity contribution in [1.82, 2.24) is 21.5 Å². The minimum atomic E-state index is -0.428. The summed E-state index contributed by atoms with van der Waals surface area (Å²) in [7, 11) is 0. The van der Waals surface area contributed by atoms with Crippen LogP contribution in [-0.4, -0.2) is 22.8 Å². The first-order valence-corrected chi connectivity index (χ1v) is 9.78. The molecule has 0 heterocycles. The molecule has 0 aromatic heterocycles. The monoisotopic (exact) mass is 424 g/mol. The van der Waals surface area contributed by atoms with Crippen LogP contribution in [0.2, 0.25) is 0 Å². The quantitative estimate of drug-likeness (QED) is 0.310. The highest BCUT2D eigenvalue weighted by atomic mass is 32.1. The average Bonchev–Trinajstić information content (AvgIpc) is 2.75. The van der Waals surface area contributed by atoms with Crippen molar-refractivity contribution in [2.75, 3.05) is 0 Å². The van der Waals surface area contributed by atoms with Crippen molar-refractivity contribution in [1.29, 1.82) is 0 Å². The molecule has 0 radical (unpaired) electrons. The van der Waals surface area contributed by atoms with Gasteiger partial charge in [0, 0.05) is 25.5 Å². The molecule has 4 N–H and O–H groups in total. The zero-order valence-electron chi connectivity index (χ0n) is 16.6. The summed E-state index contributed by atoms with van der Waals surface area (Å²) in [5, 5.41) is 5.12. The molecular formula is C22H24N4O3S. The smallest absolute Gasteiger partial charge is 0.250 e. The minimum absolute atomic E-state index is 0.0164. The molecule has 0 spiro atoms.